The number of aliphatic imine (C=N–C) groups is 1. The Hall–Kier alpha value is -1.85. The number of ether oxygens (including phenoxy) is 1. The molecule has 0 aromatic carbocycles. The van der Waals surface area contributed by atoms with Crippen molar-refractivity contribution in [2.24, 2.45) is 4.99 Å². The molecule has 0 saturated carbocycles. The van der Waals surface area contributed by atoms with Crippen molar-refractivity contribution in [3.8, 4) is 0 Å². The number of aliphatic hydroxyl groups is 1. The van der Waals surface area contributed by atoms with Crippen LogP contribution < -0.4 is 11.3 Å². The monoisotopic (exact) mass is 562 g/mol. The van der Waals surface area contributed by atoms with Gasteiger partial charge in [0.15, 0.2) is 11.2 Å². The predicted octanol–water partition coefficient (Wildman–Crippen LogP) is -0.846. The summed E-state index contributed by atoms with van der Waals surface area (Å²) in [6.45, 7) is 2.35. The summed E-state index contributed by atoms with van der Waals surface area (Å²) in [5.74, 6) is -0.211. The van der Waals surface area contributed by atoms with Gasteiger partial charge >= 0.3 is 23.5 Å². The number of nitrogen functional groups attached to an aromatic ring is 1. The Balaban J connectivity index is 1.84. The van der Waals surface area contributed by atoms with Crippen molar-refractivity contribution in [2.75, 3.05) is 18.9 Å². The first-order valence-electron chi connectivity index (χ1n) is 9.35. The summed E-state index contributed by atoms with van der Waals surface area (Å²) in [5, 5.41) is 10.7. The van der Waals surface area contributed by atoms with Crippen LogP contribution in [0.2, 0.25) is 0 Å². The molecule has 3 rings (SSSR count). The van der Waals surface area contributed by atoms with E-state index in [2.05, 4.69) is 39.8 Å². The molecule has 22 heteroatoms. The first-order valence-corrected chi connectivity index (χ1v) is 13.9. The van der Waals surface area contributed by atoms with Crippen LogP contribution in [0.25, 0.3) is 11.2 Å². The number of H-pyrrole nitrogens is 1. The van der Waals surface area contributed by atoms with Gasteiger partial charge in [-0.25, -0.2) is 18.7 Å². The largest absolute Gasteiger partial charge is 0.490 e. The molecule has 0 bridgehead atoms. The fourth-order valence-corrected chi connectivity index (χ4v) is 6.39. The second-order valence-electron chi connectivity index (χ2n) is 7.23. The number of rotatable bonds is 11. The average Bonchev–Trinajstić information content (AvgIpc) is 3.24. The van der Waals surface area contributed by atoms with Gasteiger partial charge in [-0.3, -0.25) is 18.9 Å². The molecule has 5 unspecified atom stereocenters. The van der Waals surface area contributed by atoms with Crippen LogP contribution in [0.4, 0.5) is 5.95 Å². The molecule has 19 nitrogen and oxygen atoms in total. The minimum absolute atomic E-state index is 0.0222. The van der Waals surface area contributed by atoms with Crippen LogP contribution in [-0.4, -0.2) is 75.8 Å². The first-order chi connectivity index (χ1) is 16.1. The summed E-state index contributed by atoms with van der Waals surface area (Å²) in [5.41, 5.74) is 3.13. The molecule has 8 N–H and O–H groups in total. The molecule has 5 atom stereocenters. The molecule has 196 valence electrons. The quantitative estimate of drug-likeness (QED) is 0.130. The van der Waals surface area contributed by atoms with Crippen LogP contribution in [0.5, 0.6) is 0 Å². The molecular weight excluding hydrogens is 541 g/mol. The fourth-order valence-electron chi connectivity index (χ4n) is 3.32. The van der Waals surface area contributed by atoms with Gasteiger partial charge < -0.3 is 40.1 Å². The molecule has 0 aliphatic carbocycles. The van der Waals surface area contributed by atoms with E-state index in [4.69, 9.17) is 20.3 Å². The average molecular weight is 562 g/mol. The molecule has 1 saturated heterocycles. The third-order valence-electron chi connectivity index (χ3n) is 4.74. The van der Waals surface area contributed by atoms with E-state index in [9.17, 15) is 33.4 Å². The van der Waals surface area contributed by atoms with Crippen LogP contribution in [0.15, 0.2) is 16.1 Å². The number of aromatic nitrogens is 4. The zero-order chi connectivity index (χ0) is 26.2. The zero-order valence-corrected chi connectivity index (χ0v) is 20.2. The van der Waals surface area contributed by atoms with Crippen molar-refractivity contribution in [3.05, 3.63) is 16.7 Å². The highest BCUT2D eigenvalue weighted by Gasteiger charge is 2.51. The number of nitrogens with zero attached hydrogens (tertiary/aromatic N) is 4. The SMILES string of the molecule is C=NCCC1(COP(=O)(O)OP(=O)(O)OP(=O)(O)O)OC(n2cnc3c(=O)[nH]c(N)nc32)CC1O. The summed E-state index contributed by atoms with van der Waals surface area (Å²) in [6, 6.07) is 0. The Morgan fingerprint density at radius 3 is 2.60 bits per heavy atom. The standard InChI is InChI=1S/C13H21N6O13P3/c1-15-3-2-13(5-29-34(25,26)32-35(27,28)31-33(22,23)24)7(20)4-8(30-13)19-6-16-9-10(19)17-12(14)18-11(9)21/h6-8,20H,1-5H2,(H,25,26)(H,27,28)(H2,22,23,24)(H3,14,17,18,21). The van der Waals surface area contributed by atoms with E-state index < -0.39 is 53.6 Å². The molecular formula is C13H21N6O13P3. The lowest BCUT2D eigenvalue weighted by molar-refractivity contribution is -0.127. The molecule has 1 aliphatic heterocycles. The van der Waals surface area contributed by atoms with Gasteiger partial charge in [-0.1, -0.05) is 0 Å². The Kier molecular flexibility index (Phi) is 7.84. The number of hydrogen-bond acceptors (Lipinski definition) is 13. The number of hydrogen-bond donors (Lipinski definition) is 7. The van der Waals surface area contributed by atoms with Gasteiger partial charge in [-0.05, 0) is 6.72 Å². The summed E-state index contributed by atoms with van der Waals surface area (Å²) in [4.78, 5) is 62.1. The van der Waals surface area contributed by atoms with Gasteiger partial charge in [0.1, 0.15) is 11.8 Å². The van der Waals surface area contributed by atoms with E-state index in [1.807, 2.05) is 0 Å². The number of fused-ring (bicyclic) bond motifs is 1. The third-order valence-corrected chi connectivity index (χ3v) is 8.53. The maximum atomic E-state index is 12.2. The number of phosphoric acid groups is 3. The topological polar surface area (TPSA) is 291 Å². The summed E-state index contributed by atoms with van der Waals surface area (Å²) >= 11 is 0. The molecule has 35 heavy (non-hydrogen) atoms. The van der Waals surface area contributed by atoms with Crippen LogP contribution in [-0.2, 0) is 31.6 Å². The number of imidazole rings is 1. The lowest BCUT2D eigenvalue weighted by Crippen LogP contribution is -2.44. The molecule has 0 radical (unpaired) electrons. The molecule has 2 aromatic rings. The van der Waals surface area contributed by atoms with Crippen molar-refractivity contribution in [1.82, 2.24) is 19.5 Å². The van der Waals surface area contributed by atoms with Crippen LogP contribution in [0.3, 0.4) is 0 Å². The van der Waals surface area contributed by atoms with Crippen LogP contribution in [0.1, 0.15) is 19.1 Å². The predicted molar refractivity (Wildman–Crippen MR) is 115 cm³/mol. The van der Waals surface area contributed by atoms with E-state index in [0.29, 0.717) is 0 Å². The number of anilines is 1. The zero-order valence-electron chi connectivity index (χ0n) is 17.5. The maximum absolute atomic E-state index is 12.2. The van der Waals surface area contributed by atoms with Gasteiger partial charge in [0.05, 0.1) is 19.0 Å². The number of nitrogens with one attached hydrogen (secondary N) is 1. The van der Waals surface area contributed by atoms with Gasteiger partial charge in [-0.15, -0.1) is 0 Å². The molecule has 0 spiro atoms. The van der Waals surface area contributed by atoms with Crippen molar-refractivity contribution in [2.45, 2.75) is 30.8 Å². The van der Waals surface area contributed by atoms with Gasteiger partial charge in [-0.2, -0.15) is 13.6 Å². The Morgan fingerprint density at radius 1 is 1.29 bits per heavy atom. The molecule has 1 fully saturated rings. The molecule has 3 heterocycles. The number of aromatic amines is 1. The van der Waals surface area contributed by atoms with E-state index >= 15 is 0 Å². The van der Waals surface area contributed by atoms with Crippen molar-refractivity contribution in [3.63, 3.8) is 0 Å². The number of phosphoric ester groups is 1. The maximum Gasteiger partial charge on any atom is 0.490 e. The first kappa shape index (κ1) is 27.7. The Morgan fingerprint density at radius 2 is 1.97 bits per heavy atom. The summed E-state index contributed by atoms with van der Waals surface area (Å²) < 4.78 is 53.7. The molecule has 0 amide bonds. The highest BCUT2D eigenvalue weighted by Crippen LogP contribution is 2.66. The second kappa shape index (κ2) is 9.89. The van der Waals surface area contributed by atoms with Gasteiger partial charge in [0.2, 0.25) is 5.95 Å². The summed E-state index contributed by atoms with van der Waals surface area (Å²) in [7, 11) is -16.8. The van der Waals surface area contributed by atoms with Crippen molar-refractivity contribution in [1.29, 1.82) is 0 Å². The highest BCUT2D eigenvalue weighted by atomic mass is 31.3. The van der Waals surface area contributed by atoms with E-state index in [0.717, 1.165) is 0 Å². The Bertz CT molecular complexity index is 1310. The Labute approximate surface area is 195 Å². The van der Waals surface area contributed by atoms with E-state index in [1.54, 1.807) is 0 Å². The number of aliphatic hydroxyl groups excluding tert-OH is 1. The van der Waals surface area contributed by atoms with Gasteiger partial charge in [0.25, 0.3) is 5.56 Å². The lowest BCUT2D eigenvalue weighted by atomic mass is 9.94. The van der Waals surface area contributed by atoms with Crippen LogP contribution in [0, 0.1) is 0 Å². The molecule has 2 aromatic heterocycles. The normalized spacial score (nSPS) is 26.4. The lowest BCUT2D eigenvalue weighted by Gasteiger charge is -2.32. The smallest absolute Gasteiger partial charge is 0.390 e. The minimum Gasteiger partial charge on any atom is -0.390 e. The minimum atomic E-state index is -5.74. The fraction of sp³-hybridized carbons (Fsp3) is 0.538. The van der Waals surface area contributed by atoms with Crippen molar-refractivity contribution >= 4 is 47.3 Å². The van der Waals surface area contributed by atoms with Crippen LogP contribution >= 0.6 is 23.5 Å². The second-order valence-corrected chi connectivity index (χ2v) is 11.6. The van der Waals surface area contributed by atoms with Crippen molar-refractivity contribution < 1.29 is 56.3 Å². The van der Waals surface area contributed by atoms with E-state index in [1.165, 1.54) is 10.9 Å². The summed E-state index contributed by atoms with van der Waals surface area (Å²) in [6.07, 6.45) is -1.51. The number of nitrogens with two attached hydrogens (primary N) is 1. The van der Waals surface area contributed by atoms with E-state index in [-0.39, 0.29) is 36.5 Å². The molecule has 1 aliphatic rings. The third kappa shape index (κ3) is 6.68. The van der Waals surface area contributed by atoms with Gasteiger partial charge in [0, 0.05) is 19.4 Å². The highest BCUT2D eigenvalue weighted by molar-refractivity contribution is 7.66.